The summed E-state index contributed by atoms with van der Waals surface area (Å²) in [4.78, 5) is 0. The van der Waals surface area contributed by atoms with Gasteiger partial charge in [0.15, 0.2) is 0 Å². The lowest BCUT2D eigenvalue weighted by Gasteiger charge is -1.95. The zero-order chi connectivity index (χ0) is 9.35. The van der Waals surface area contributed by atoms with Crippen LogP contribution in [-0.2, 0) is 9.84 Å². The predicted molar refractivity (Wildman–Crippen MR) is 48.6 cm³/mol. The molecule has 0 saturated heterocycles. The van der Waals surface area contributed by atoms with E-state index in [1.54, 1.807) is 0 Å². The average Bonchev–Trinajstić information content (AvgIpc) is 2.33. The third-order valence-electron chi connectivity index (χ3n) is 1.11. The molecule has 68 valence electrons. The lowest BCUT2D eigenvalue weighted by atomic mass is 10.7. The van der Waals surface area contributed by atoms with Crippen LogP contribution in [0.1, 0.15) is 0 Å². The Labute approximate surface area is 83.5 Å². The Morgan fingerprint density at radius 3 is 2.42 bits per heavy atom. The first-order chi connectivity index (χ1) is 5.49. The largest absolute Gasteiger partial charge is 0.380 e. The molecule has 0 atom stereocenters. The molecule has 0 bridgehead atoms. The van der Waals surface area contributed by atoms with Gasteiger partial charge in [-0.1, -0.05) is 23.2 Å². The molecule has 0 saturated carbocycles. The van der Waals surface area contributed by atoms with Crippen LogP contribution in [0.15, 0.2) is 9.59 Å². The van der Waals surface area contributed by atoms with E-state index in [-0.39, 0.29) is 14.3 Å². The van der Waals surface area contributed by atoms with Gasteiger partial charge in [-0.15, -0.1) is 11.3 Å². The van der Waals surface area contributed by atoms with Gasteiger partial charge in [0.1, 0.15) is 10.1 Å². The smallest absolute Gasteiger partial charge is 0.212 e. The Hall–Kier alpha value is 0.190. The molecule has 0 unspecified atom stereocenters. The first kappa shape index (κ1) is 10.3. The van der Waals surface area contributed by atoms with Crippen molar-refractivity contribution in [1.29, 1.82) is 0 Å². The standard InChI is InChI=1S/C5H4Cl2O3S2/c6-3-1-11-5(4(3)7)12(9,10)2-8/h1,8H,2H2. The van der Waals surface area contributed by atoms with Gasteiger partial charge < -0.3 is 5.11 Å². The maximum Gasteiger partial charge on any atom is 0.212 e. The second-order valence-corrected chi connectivity index (χ2v) is 5.75. The summed E-state index contributed by atoms with van der Waals surface area (Å²) in [6.45, 7) is 0. The number of aliphatic hydroxyl groups excluding tert-OH is 1. The summed E-state index contributed by atoms with van der Waals surface area (Å²) in [5.74, 6) is -0.955. The van der Waals surface area contributed by atoms with Gasteiger partial charge in [0.2, 0.25) is 9.84 Å². The van der Waals surface area contributed by atoms with Gasteiger partial charge in [-0.2, -0.15) is 0 Å². The zero-order valence-electron chi connectivity index (χ0n) is 5.62. The van der Waals surface area contributed by atoms with Gasteiger partial charge in [0.25, 0.3) is 0 Å². The van der Waals surface area contributed by atoms with Crippen LogP contribution in [-0.4, -0.2) is 19.5 Å². The molecule has 1 aromatic rings. The zero-order valence-corrected chi connectivity index (χ0v) is 8.77. The monoisotopic (exact) mass is 246 g/mol. The Kier molecular flexibility index (Phi) is 3.01. The van der Waals surface area contributed by atoms with Crippen LogP contribution in [0.4, 0.5) is 0 Å². The topological polar surface area (TPSA) is 54.4 Å². The summed E-state index contributed by atoms with van der Waals surface area (Å²) in [5, 5.41) is 10.1. The molecule has 7 heteroatoms. The van der Waals surface area contributed by atoms with Crippen molar-refractivity contribution in [3.05, 3.63) is 15.4 Å². The average molecular weight is 247 g/mol. The van der Waals surface area contributed by atoms with Gasteiger partial charge in [0.05, 0.1) is 10.0 Å². The highest BCUT2D eigenvalue weighted by Gasteiger charge is 2.20. The van der Waals surface area contributed by atoms with Crippen molar-refractivity contribution in [2.45, 2.75) is 4.21 Å². The van der Waals surface area contributed by atoms with Crippen LogP contribution in [0.5, 0.6) is 0 Å². The van der Waals surface area contributed by atoms with Gasteiger partial charge in [-0.05, 0) is 0 Å². The molecule has 12 heavy (non-hydrogen) atoms. The molecule has 0 aliphatic carbocycles. The minimum atomic E-state index is -3.65. The molecule has 3 nitrogen and oxygen atoms in total. The van der Waals surface area contributed by atoms with Crippen molar-refractivity contribution in [1.82, 2.24) is 0 Å². The first-order valence-corrected chi connectivity index (χ1v) is 6.04. The third-order valence-corrected chi connectivity index (χ3v) is 5.18. The highest BCUT2D eigenvalue weighted by molar-refractivity contribution is 7.93. The summed E-state index contributed by atoms with van der Waals surface area (Å²) >= 11 is 12.0. The van der Waals surface area contributed by atoms with Crippen molar-refractivity contribution < 1.29 is 13.5 Å². The minimum absolute atomic E-state index is 0.0179. The quantitative estimate of drug-likeness (QED) is 0.866. The molecule has 1 N–H and O–H groups in total. The lowest BCUT2D eigenvalue weighted by molar-refractivity contribution is 0.359. The van der Waals surface area contributed by atoms with Crippen LogP contribution in [0, 0.1) is 0 Å². The van der Waals surface area contributed by atoms with E-state index in [2.05, 4.69) is 0 Å². The van der Waals surface area contributed by atoms with Crippen LogP contribution in [0.25, 0.3) is 0 Å². The normalized spacial score (nSPS) is 11.9. The van der Waals surface area contributed by atoms with Crippen LogP contribution in [0.3, 0.4) is 0 Å². The van der Waals surface area contributed by atoms with E-state index in [0.717, 1.165) is 11.3 Å². The summed E-state index contributed by atoms with van der Waals surface area (Å²) in [6.07, 6.45) is 0. The maximum atomic E-state index is 11.1. The van der Waals surface area contributed by atoms with Crippen LogP contribution < -0.4 is 0 Å². The van der Waals surface area contributed by atoms with E-state index in [0.29, 0.717) is 0 Å². The molecule has 0 aromatic carbocycles. The van der Waals surface area contributed by atoms with E-state index in [4.69, 9.17) is 28.3 Å². The van der Waals surface area contributed by atoms with E-state index < -0.39 is 15.8 Å². The Balaban J connectivity index is 3.30. The van der Waals surface area contributed by atoms with Gasteiger partial charge in [0, 0.05) is 5.38 Å². The number of thiophene rings is 1. The number of aliphatic hydroxyl groups is 1. The first-order valence-electron chi connectivity index (χ1n) is 2.75. The fourth-order valence-corrected chi connectivity index (χ4v) is 3.45. The number of hydrogen-bond acceptors (Lipinski definition) is 4. The van der Waals surface area contributed by atoms with Crippen LogP contribution in [0.2, 0.25) is 10.0 Å². The number of rotatable bonds is 2. The Morgan fingerprint density at radius 1 is 1.50 bits per heavy atom. The van der Waals surface area contributed by atoms with Crippen molar-refractivity contribution in [2.75, 3.05) is 5.94 Å². The number of hydrogen-bond donors (Lipinski definition) is 1. The fraction of sp³-hybridized carbons (Fsp3) is 0.200. The highest BCUT2D eigenvalue weighted by Crippen LogP contribution is 2.35. The summed E-state index contributed by atoms with van der Waals surface area (Å²) in [5.41, 5.74) is 0. The molecular weight excluding hydrogens is 243 g/mol. The number of halogens is 2. The van der Waals surface area contributed by atoms with E-state index >= 15 is 0 Å². The molecule has 0 aliphatic rings. The third kappa shape index (κ3) is 1.75. The molecule has 1 aromatic heterocycles. The Morgan fingerprint density at radius 2 is 2.08 bits per heavy atom. The summed E-state index contributed by atoms with van der Waals surface area (Å²) < 4.78 is 22.0. The fourth-order valence-electron chi connectivity index (χ4n) is 0.575. The molecule has 0 amide bonds. The van der Waals surface area contributed by atoms with Crippen molar-refractivity contribution in [3.8, 4) is 0 Å². The second kappa shape index (κ2) is 3.51. The van der Waals surface area contributed by atoms with Crippen molar-refractivity contribution in [2.24, 2.45) is 0 Å². The van der Waals surface area contributed by atoms with Gasteiger partial charge in [-0.25, -0.2) is 8.42 Å². The molecule has 0 fully saturated rings. The van der Waals surface area contributed by atoms with Gasteiger partial charge >= 0.3 is 0 Å². The summed E-state index contributed by atoms with van der Waals surface area (Å²) in [7, 11) is -3.65. The summed E-state index contributed by atoms with van der Waals surface area (Å²) in [6, 6.07) is 0. The molecule has 1 rings (SSSR count). The molecule has 1 heterocycles. The SMILES string of the molecule is O=S(=O)(CO)c1scc(Cl)c1Cl. The maximum absolute atomic E-state index is 11.1. The molecule has 0 spiro atoms. The molecular formula is C5H4Cl2O3S2. The van der Waals surface area contributed by atoms with E-state index in [9.17, 15) is 8.42 Å². The Bertz CT molecular complexity index is 381. The lowest BCUT2D eigenvalue weighted by Crippen LogP contribution is -2.03. The van der Waals surface area contributed by atoms with Crippen molar-refractivity contribution >= 4 is 44.4 Å². The van der Waals surface area contributed by atoms with Crippen molar-refractivity contribution in [3.63, 3.8) is 0 Å². The van der Waals surface area contributed by atoms with E-state index in [1.807, 2.05) is 0 Å². The highest BCUT2D eigenvalue weighted by atomic mass is 35.5. The minimum Gasteiger partial charge on any atom is -0.380 e. The van der Waals surface area contributed by atoms with E-state index in [1.165, 1.54) is 5.38 Å². The van der Waals surface area contributed by atoms with Crippen LogP contribution >= 0.6 is 34.5 Å². The second-order valence-electron chi connectivity index (χ2n) is 1.93. The number of sulfone groups is 1. The molecule has 0 radical (unpaired) electrons. The molecule has 0 aliphatic heterocycles. The van der Waals surface area contributed by atoms with Gasteiger partial charge in [-0.3, -0.25) is 0 Å². The predicted octanol–water partition coefficient (Wildman–Crippen LogP) is 1.78.